The largest absolute Gasteiger partial charge is 0.351 e. The SMILES string of the molecule is CC(C)C(=O)Nc1cccc(CNC(=O)c2cccc(NC(N)=O)c2)c1. The second-order valence-electron chi connectivity index (χ2n) is 6.10. The first-order valence-corrected chi connectivity index (χ1v) is 8.19. The molecule has 0 spiro atoms. The molecule has 0 unspecified atom stereocenters. The molecule has 0 saturated heterocycles. The molecule has 0 atom stereocenters. The van der Waals surface area contributed by atoms with Crippen LogP contribution >= 0.6 is 0 Å². The maximum atomic E-state index is 12.3. The number of nitrogens with one attached hydrogen (secondary N) is 3. The summed E-state index contributed by atoms with van der Waals surface area (Å²) in [6.45, 7) is 3.94. The highest BCUT2D eigenvalue weighted by atomic mass is 16.2. The molecule has 0 bridgehead atoms. The van der Waals surface area contributed by atoms with Gasteiger partial charge in [0.1, 0.15) is 0 Å². The van der Waals surface area contributed by atoms with E-state index in [0.29, 0.717) is 23.5 Å². The van der Waals surface area contributed by atoms with Gasteiger partial charge in [-0.25, -0.2) is 4.79 Å². The summed E-state index contributed by atoms with van der Waals surface area (Å²) in [5.41, 5.74) is 7.46. The van der Waals surface area contributed by atoms with Crippen LogP contribution in [0.15, 0.2) is 48.5 Å². The first-order chi connectivity index (χ1) is 12.3. The van der Waals surface area contributed by atoms with Gasteiger partial charge >= 0.3 is 6.03 Å². The molecule has 2 aromatic carbocycles. The molecule has 0 heterocycles. The summed E-state index contributed by atoms with van der Waals surface area (Å²) < 4.78 is 0. The van der Waals surface area contributed by atoms with Crippen molar-refractivity contribution in [3.63, 3.8) is 0 Å². The lowest BCUT2D eigenvalue weighted by Gasteiger charge is -2.10. The van der Waals surface area contributed by atoms with Crippen LogP contribution in [-0.4, -0.2) is 17.8 Å². The molecule has 7 heteroatoms. The highest BCUT2D eigenvalue weighted by molar-refractivity contribution is 5.96. The summed E-state index contributed by atoms with van der Waals surface area (Å²) in [6.07, 6.45) is 0. The zero-order valence-electron chi connectivity index (χ0n) is 14.7. The summed E-state index contributed by atoms with van der Waals surface area (Å²) in [6, 6.07) is 13.1. The maximum Gasteiger partial charge on any atom is 0.316 e. The molecule has 7 nitrogen and oxygen atoms in total. The summed E-state index contributed by atoms with van der Waals surface area (Å²) in [5.74, 6) is -0.459. The Morgan fingerprint density at radius 3 is 2.27 bits per heavy atom. The number of rotatable bonds is 6. The van der Waals surface area contributed by atoms with Gasteiger partial charge < -0.3 is 21.7 Å². The van der Waals surface area contributed by atoms with Gasteiger partial charge in [0.15, 0.2) is 0 Å². The summed E-state index contributed by atoms with van der Waals surface area (Å²) >= 11 is 0. The van der Waals surface area contributed by atoms with Gasteiger partial charge in [0.2, 0.25) is 5.91 Å². The highest BCUT2D eigenvalue weighted by Gasteiger charge is 2.09. The number of primary amides is 1. The molecule has 0 aliphatic rings. The summed E-state index contributed by atoms with van der Waals surface area (Å²) in [5, 5.41) is 8.05. The van der Waals surface area contributed by atoms with Crippen LogP contribution in [0.25, 0.3) is 0 Å². The average Bonchev–Trinajstić information content (AvgIpc) is 2.59. The number of carbonyl (C=O) groups excluding carboxylic acids is 3. The Balaban J connectivity index is 1.99. The predicted molar refractivity (Wildman–Crippen MR) is 101 cm³/mol. The van der Waals surface area contributed by atoms with Crippen LogP contribution < -0.4 is 21.7 Å². The molecule has 5 N–H and O–H groups in total. The van der Waals surface area contributed by atoms with E-state index >= 15 is 0 Å². The zero-order valence-corrected chi connectivity index (χ0v) is 14.7. The van der Waals surface area contributed by atoms with Crippen molar-refractivity contribution in [2.24, 2.45) is 11.7 Å². The molecule has 26 heavy (non-hydrogen) atoms. The Kier molecular flexibility index (Phi) is 6.32. The molecule has 4 amide bonds. The third-order valence-corrected chi connectivity index (χ3v) is 3.56. The molecular weight excluding hydrogens is 332 g/mol. The van der Waals surface area contributed by atoms with Crippen molar-refractivity contribution in [1.82, 2.24) is 5.32 Å². The summed E-state index contributed by atoms with van der Waals surface area (Å²) in [7, 11) is 0. The Morgan fingerprint density at radius 1 is 0.962 bits per heavy atom. The van der Waals surface area contributed by atoms with Gasteiger partial charge in [-0.1, -0.05) is 32.0 Å². The molecule has 0 aromatic heterocycles. The van der Waals surface area contributed by atoms with E-state index in [1.807, 2.05) is 32.0 Å². The molecule has 2 aromatic rings. The van der Waals surface area contributed by atoms with Crippen molar-refractivity contribution in [2.75, 3.05) is 10.6 Å². The lowest BCUT2D eigenvalue weighted by molar-refractivity contribution is -0.118. The molecule has 2 rings (SSSR count). The van der Waals surface area contributed by atoms with Crippen LogP contribution in [0.5, 0.6) is 0 Å². The lowest BCUT2D eigenvalue weighted by atomic mass is 10.1. The van der Waals surface area contributed by atoms with Crippen LogP contribution in [0.4, 0.5) is 16.2 Å². The molecule has 0 aliphatic carbocycles. The smallest absolute Gasteiger partial charge is 0.316 e. The van der Waals surface area contributed by atoms with Crippen LogP contribution in [0.1, 0.15) is 29.8 Å². The number of anilines is 2. The fourth-order valence-corrected chi connectivity index (χ4v) is 2.21. The van der Waals surface area contributed by atoms with Crippen LogP contribution in [-0.2, 0) is 11.3 Å². The first-order valence-electron chi connectivity index (χ1n) is 8.19. The average molecular weight is 354 g/mol. The Bertz CT molecular complexity index is 818. The van der Waals surface area contributed by atoms with Crippen molar-refractivity contribution in [2.45, 2.75) is 20.4 Å². The number of benzene rings is 2. The third-order valence-electron chi connectivity index (χ3n) is 3.56. The van der Waals surface area contributed by atoms with E-state index in [1.54, 1.807) is 30.3 Å². The van der Waals surface area contributed by atoms with Crippen molar-refractivity contribution in [3.05, 3.63) is 59.7 Å². The quantitative estimate of drug-likeness (QED) is 0.639. The Morgan fingerprint density at radius 2 is 1.62 bits per heavy atom. The van der Waals surface area contributed by atoms with Gasteiger partial charge in [0.25, 0.3) is 5.91 Å². The minimum atomic E-state index is -0.692. The van der Waals surface area contributed by atoms with Gasteiger partial charge in [-0.05, 0) is 35.9 Å². The number of hydrogen-bond donors (Lipinski definition) is 4. The van der Waals surface area contributed by atoms with Gasteiger partial charge in [-0.2, -0.15) is 0 Å². The second kappa shape index (κ2) is 8.66. The second-order valence-corrected chi connectivity index (χ2v) is 6.10. The van der Waals surface area contributed by atoms with Gasteiger partial charge in [-0.15, -0.1) is 0 Å². The van der Waals surface area contributed by atoms with Crippen LogP contribution in [0, 0.1) is 5.92 Å². The molecule has 0 aliphatic heterocycles. The van der Waals surface area contributed by atoms with Gasteiger partial charge in [-0.3, -0.25) is 9.59 Å². The topological polar surface area (TPSA) is 113 Å². The summed E-state index contributed by atoms with van der Waals surface area (Å²) in [4.78, 5) is 34.9. The zero-order chi connectivity index (χ0) is 19.1. The van der Waals surface area contributed by atoms with Crippen molar-refractivity contribution in [3.8, 4) is 0 Å². The molecule has 0 radical (unpaired) electrons. The molecular formula is C19H22N4O3. The lowest BCUT2D eigenvalue weighted by Crippen LogP contribution is -2.24. The Hall–Kier alpha value is -3.35. The number of amides is 4. The van der Waals surface area contributed by atoms with E-state index in [0.717, 1.165) is 5.56 Å². The molecule has 0 fully saturated rings. The number of hydrogen-bond acceptors (Lipinski definition) is 3. The van der Waals surface area contributed by atoms with E-state index in [1.165, 1.54) is 0 Å². The minimum absolute atomic E-state index is 0.0649. The number of urea groups is 1. The van der Waals surface area contributed by atoms with E-state index < -0.39 is 6.03 Å². The Labute approximate surface area is 152 Å². The predicted octanol–water partition coefficient (Wildman–Crippen LogP) is 2.70. The van der Waals surface area contributed by atoms with E-state index in [2.05, 4.69) is 16.0 Å². The van der Waals surface area contributed by atoms with Crippen molar-refractivity contribution < 1.29 is 14.4 Å². The van der Waals surface area contributed by atoms with E-state index in [-0.39, 0.29) is 17.7 Å². The van der Waals surface area contributed by atoms with Crippen molar-refractivity contribution >= 4 is 29.2 Å². The van der Waals surface area contributed by atoms with Gasteiger partial charge in [0, 0.05) is 29.4 Å². The number of nitrogens with two attached hydrogens (primary N) is 1. The maximum absolute atomic E-state index is 12.3. The highest BCUT2D eigenvalue weighted by Crippen LogP contribution is 2.13. The standard InChI is InChI=1S/C19H22N4O3/c1-12(2)17(24)22-15-7-3-5-13(9-15)11-21-18(25)14-6-4-8-16(10-14)23-19(20)26/h3-10,12H,11H2,1-2H3,(H,21,25)(H,22,24)(H3,20,23,26). The molecule has 136 valence electrons. The third kappa shape index (κ3) is 5.62. The van der Waals surface area contributed by atoms with Crippen molar-refractivity contribution in [1.29, 1.82) is 0 Å². The van der Waals surface area contributed by atoms with E-state index in [9.17, 15) is 14.4 Å². The monoisotopic (exact) mass is 354 g/mol. The fourth-order valence-electron chi connectivity index (χ4n) is 2.21. The minimum Gasteiger partial charge on any atom is -0.351 e. The van der Waals surface area contributed by atoms with Gasteiger partial charge in [0.05, 0.1) is 0 Å². The normalized spacial score (nSPS) is 10.3. The van der Waals surface area contributed by atoms with E-state index in [4.69, 9.17) is 5.73 Å². The van der Waals surface area contributed by atoms with Crippen LogP contribution in [0.3, 0.4) is 0 Å². The number of carbonyl (C=O) groups is 3. The fraction of sp³-hybridized carbons (Fsp3) is 0.211. The molecule has 0 saturated carbocycles. The first kappa shape index (κ1) is 19.0. The van der Waals surface area contributed by atoms with Crippen LogP contribution in [0.2, 0.25) is 0 Å².